The number of anilines is 3. The number of aromatic nitrogens is 3. The summed E-state index contributed by atoms with van der Waals surface area (Å²) in [6.45, 7) is 0. The minimum Gasteiger partial charge on any atom is -0.871 e. The van der Waals surface area contributed by atoms with Gasteiger partial charge in [-0.05, 0) is 46.6 Å². The van der Waals surface area contributed by atoms with Gasteiger partial charge in [0.05, 0.1) is 12.8 Å². The standard InChI is InChI=1S/C20H16ClN7O11S3.H3N.Na/c1-39-12-7-13(40(30,31)32)11(6-14(12)41(33,34)35)27-28-16-15(42(36,37)38)5-8-4-9(2-3-10(8)17(16)29)23-20-25-18(21)24-19(22)26-20;;/h2-7,29H,1H3,(H,30,31,32)(H,33,34,35)(H,36,37,38)(H3,22,23,24,25,26);1H3;/q;;+1/p-1. The van der Waals surface area contributed by atoms with Gasteiger partial charge in [-0.1, -0.05) is 11.8 Å². The Morgan fingerprint density at radius 2 is 1.50 bits per heavy atom. The molecule has 4 aromatic rings. The van der Waals surface area contributed by atoms with Gasteiger partial charge in [0.25, 0.3) is 30.4 Å². The van der Waals surface area contributed by atoms with Crippen LogP contribution in [0.5, 0.6) is 11.5 Å². The summed E-state index contributed by atoms with van der Waals surface area (Å²) in [6, 6.07) is 5.64. The number of methoxy groups -OCH3 is 1. The molecule has 44 heavy (non-hydrogen) atoms. The van der Waals surface area contributed by atoms with Crippen molar-refractivity contribution in [2.75, 3.05) is 18.2 Å². The first-order chi connectivity index (χ1) is 19.4. The fraction of sp³-hybridized carbons (Fsp3) is 0.0500. The van der Waals surface area contributed by atoms with Crippen LogP contribution in [0.1, 0.15) is 0 Å². The zero-order valence-electron chi connectivity index (χ0n) is 22.2. The van der Waals surface area contributed by atoms with E-state index in [2.05, 4.69) is 30.5 Å². The summed E-state index contributed by atoms with van der Waals surface area (Å²) in [6.07, 6.45) is 0. The Bertz CT molecular complexity index is 2110. The first-order valence-corrected chi connectivity index (χ1v) is 15.4. The zero-order valence-corrected chi connectivity index (χ0v) is 27.4. The van der Waals surface area contributed by atoms with Crippen molar-refractivity contribution in [3.8, 4) is 11.5 Å². The van der Waals surface area contributed by atoms with E-state index in [1.807, 2.05) is 0 Å². The molecule has 19 nitrogen and oxygen atoms in total. The molecule has 0 spiro atoms. The van der Waals surface area contributed by atoms with Gasteiger partial charge in [0.2, 0.25) is 17.2 Å². The van der Waals surface area contributed by atoms with Crippen LogP contribution in [0.15, 0.2) is 61.3 Å². The average molecular weight is 701 g/mol. The first kappa shape index (κ1) is 36.9. The molecular formula is C20H18ClN8NaO11S3. The van der Waals surface area contributed by atoms with Crippen molar-refractivity contribution < 1.29 is 78.3 Å². The maximum atomic E-state index is 13.2. The van der Waals surface area contributed by atoms with Crippen molar-refractivity contribution >= 4 is 81.7 Å². The maximum absolute atomic E-state index is 13.2. The third kappa shape index (κ3) is 8.05. The van der Waals surface area contributed by atoms with Gasteiger partial charge in [-0.2, -0.15) is 40.2 Å². The van der Waals surface area contributed by atoms with E-state index in [1.54, 1.807) is 0 Å². The fourth-order valence-corrected chi connectivity index (χ4v) is 5.64. The number of rotatable bonds is 8. The molecule has 1 heterocycles. The van der Waals surface area contributed by atoms with Crippen LogP contribution in [0, 0.1) is 0 Å². The molecule has 24 heteroatoms. The number of azo groups is 1. The molecule has 1 aromatic heterocycles. The SMILES string of the molecule is COc1cc(S(=O)(=O)O)c(N=Nc2c(S(=O)(=O)O)cc3cc(Nc4nc(N)nc(Cl)n4)ccc3c2[O-])cc1S(=O)(=O)O.N.[Na+]. The second kappa shape index (κ2) is 13.4. The number of hydrogen-bond acceptors (Lipinski definition) is 16. The molecule has 0 saturated carbocycles. The van der Waals surface area contributed by atoms with Crippen LogP contribution in [0.25, 0.3) is 10.8 Å². The Morgan fingerprint density at radius 3 is 2.05 bits per heavy atom. The summed E-state index contributed by atoms with van der Waals surface area (Å²) < 4.78 is 105. The number of fused-ring (bicyclic) bond motifs is 1. The third-order valence-electron chi connectivity index (χ3n) is 5.25. The zero-order chi connectivity index (χ0) is 31.2. The van der Waals surface area contributed by atoms with Crippen LogP contribution < -0.4 is 56.6 Å². The Labute approximate surface area is 275 Å². The second-order valence-electron chi connectivity index (χ2n) is 8.00. The van der Waals surface area contributed by atoms with Gasteiger partial charge in [0.15, 0.2) is 0 Å². The molecule has 230 valence electrons. The van der Waals surface area contributed by atoms with Crippen molar-refractivity contribution in [1.29, 1.82) is 0 Å². The fourth-order valence-electron chi connectivity index (χ4n) is 3.54. The van der Waals surface area contributed by atoms with Crippen molar-refractivity contribution in [3.63, 3.8) is 0 Å². The maximum Gasteiger partial charge on any atom is 1.00 e. The van der Waals surface area contributed by atoms with E-state index in [1.165, 1.54) is 18.2 Å². The van der Waals surface area contributed by atoms with Gasteiger partial charge in [0.1, 0.15) is 26.1 Å². The molecular weight excluding hydrogens is 683 g/mol. The number of nitrogens with zero attached hydrogens (tertiary/aromatic N) is 5. The number of nitrogen functional groups attached to an aromatic ring is 1. The number of ether oxygens (including phenoxy) is 1. The number of benzene rings is 3. The van der Waals surface area contributed by atoms with Crippen molar-refractivity contribution in [2.45, 2.75) is 14.7 Å². The first-order valence-electron chi connectivity index (χ1n) is 10.7. The van der Waals surface area contributed by atoms with Gasteiger partial charge in [-0.25, -0.2) is 0 Å². The van der Waals surface area contributed by atoms with Gasteiger partial charge in [-0.3, -0.25) is 13.7 Å². The van der Waals surface area contributed by atoms with E-state index in [4.69, 9.17) is 22.1 Å². The Balaban J connectivity index is 0.00000337. The molecule has 0 aliphatic carbocycles. The molecule has 0 atom stereocenters. The third-order valence-corrected chi connectivity index (χ3v) is 8.04. The molecule has 0 saturated heterocycles. The summed E-state index contributed by atoms with van der Waals surface area (Å²) in [5.74, 6) is -2.11. The minimum atomic E-state index is -5.18. The largest absolute Gasteiger partial charge is 1.00 e. The summed E-state index contributed by atoms with van der Waals surface area (Å²) in [4.78, 5) is 8.09. The van der Waals surface area contributed by atoms with Crippen LogP contribution in [0.4, 0.5) is 29.0 Å². The minimum absolute atomic E-state index is 0. The summed E-state index contributed by atoms with van der Waals surface area (Å²) >= 11 is 5.74. The predicted octanol–water partition coefficient (Wildman–Crippen LogP) is -0.592. The monoisotopic (exact) mass is 700 g/mol. The molecule has 0 bridgehead atoms. The van der Waals surface area contributed by atoms with Crippen LogP contribution >= 0.6 is 11.6 Å². The van der Waals surface area contributed by atoms with Gasteiger partial charge in [0, 0.05) is 11.8 Å². The van der Waals surface area contributed by atoms with Gasteiger partial charge < -0.3 is 27.0 Å². The van der Waals surface area contributed by atoms with Crippen LogP contribution in [-0.4, -0.2) is 61.0 Å². The van der Waals surface area contributed by atoms with Crippen LogP contribution in [-0.2, 0) is 30.4 Å². The van der Waals surface area contributed by atoms with Crippen LogP contribution in [0.3, 0.4) is 0 Å². The molecule has 0 fully saturated rings. The summed E-state index contributed by atoms with van der Waals surface area (Å²) in [7, 11) is -14.4. The normalized spacial score (nSPS) is 12.0. The number of nitrogens with two attached hydrogens (primary N) is 1. The molecule has 9 N–H and O–H groups in total. The molecule has 0 radical (unpaired) electrons. The van der Waals surface area contributed by atoms with Crippen molar-refractivity contribution in [3.05, 3.63) is 41.7 Å². The van der Waals surface area contributed by atoms with E-state index >= 15 is 0 Å². The molecule has 0 aliphatic heterocycles. The second-order valence-corrected chi connectivity index (χ2v) is 12.5. The summed E-state index contributed by atoms with van der Waals surface area (Å²) in [5.41, 5.74) is 3.78. The Hall–Kier alpha value is -3.29. The molecule has 3 aromatic carbocycles. The molecule has 0 amide bonds. The summed E-state index contributed by atoms with van der Waals surface area (Å²) in [5, 5.41) is 22.5. The topological polar surface area (TPSA) is 332 Å². The van der Waals surface area contributed by atoms with Gasteiger partial charge in [-0.15, -0.1) is 10.2 Å². The van der Waals surface area contributed by atoms with E-state index in [0.717, 1.165) is 13.2 Å². The smallest absolute Gasteiger partial charge is 0.871 e. The molecule has 0 aliphatic rings. The van der Waals surface area contributed by atoms with Crippen LogP contribution in [0.2, 0.25) is 5.28 Å². The van der Waals surface area contributed by atoms with Crippen molar-refractivity contribution in [2.24, 2.45) is 10.2 Å². The Morgan fingerprint density at radius 1 is 0.886 bits per heavy atom. The van der Waals surface area contributed by atoms with E-state index in [9.17, 15) is 44.0 Å². The number of nitrogens with one attached hydrogen (secondary N) is 1. The van der Waals surface area contributed by atoms with E-state index in [0.29, 0.717) is 12.1 Å². The van der Waals surface area contributed by atoms with E-state index < -0.39 is 67.9 Å². The molecule has 0 unspecified atom stereocenters. The predicted molar refractivity (Wildman–Crippen MR) is 148 cm³/mol. The molecule has 4 rings (SSSR count). The van der Waals surface area contributed by atoms with Gasteiger partial charge >= 0.3 is 29.6 Å². The van der Waals surface area contributed by atoms with E-state index in [-0.39, 0.29) is 69.3 Å². The average Bonchev–Trinajstić information content (AvgIpc) is 2.85. The quantitative estimate of drug-likeness (QED) is 0.0759. The number of halogens is 1. The Kier molecular flexibility index (Phi) is 11.2. The number of hydrogen-bond donors (Lipinski definition) is 6. The van der Waals surface area contributed by atoms with Crippen molar-refractivity contribution in [1.82, 2.24) is 21.1 Å².